The number of hydrogen-bond donors (Lipinski definition) is 0. The van der Waals surface area contributed by atoms with Crippen molar-refractivity contribution in [2.45, 2.75) is 45.0 Å². The Morgan fingerprint density at radius 3 is 2.63 bits per heavy atom. The van der Waals surface area contributed by atoms with Gasteiger partial charge in [-0.15, -0.1) is 0 Å². The fraction of sp³-hybridized carbons (Fsp3) is 0.385. The first-order valence-corrected chi connectivity index (χ1v) is 11.6. The lowest BCUT2D eigenvalue weighted by Gasteiger charge is -2.47. The number of aromatic nitrogens is 3. The van der Waals surface area contributed by atoms with Crippen LogP contribution in [0.25, 0.3) is 11.4 Å². The van der Waals surface area contributed by atoms with Gasteiger partial charge in [0.1, 0.15) is 11.8 Å². The van der Waals surface area contributed by atoms with Gasteiger partial charge in [-0.25, -0.2) is 4.98 Å². The van der Waals surface area contributed by atoms with Crippen LogP contribution in [0, 0.1) is 25.2 Å². The highest BCUT2D eigenvalue weighted by atomic mass is 19.4. The molecule has 4 unspecified atom stereocenters. The van der Waals surface area contributed by atoms with Gasteiger partial charge in [-0.05, 0) is 62.4 Å². The molecule has 1 saturated heterocycles. The third-order valence-electron chi connectivity index (χ3n) is 7.65. The molecule has 1 amide bonds. The SMILES string of the molecule is Cc1ccc(C(=O)N2CC3CC34CC(Oc3ccc(C(F)(F)F)cn3)C24)c(-c2ncccc2C)n1. The van der Waals surface area contributed by atoms with Crippen molar-refractivity contribution in [3.63, 3.8) is 0 Å². The summed E-state index contributed by atoms with van der Waals surface area (Å²) in [5, 5.41) is 0. The Labute approximate surface area is 200 Å². The fourth-order valence-electron chi connectivity index (χ4n) is 5.82. The number of carbonyl (C=O) groups is 1. The number of piperidine rings is 1. The van der Waals surface area contributed by atoms with Gasteiger partial charge in [-0.3, -0.25) is 14.8 Å². The minimum Gasteiger partial charge on any atom is -0.472 e. The Morgan fingerprint density at radius 1 is 1.09 bits per heavy atom. The van der Waals surface area contributed by atoms with Crippen LogP contribution in [0.5, 0.6) is 5.88 Å². The van der Waals surface area contributed by atoms with Crippen LogP contribution in [0.2, 0.25) is 0 Å². The summed E-state index contributed by atoms with van der Waals surface area (Å²) >= 11 is 0. The average Bonchev–Trinajstić information content (AvgIpc) is 3.47. The van der Waals surface area contributed by atoms with E-state index in [0.717, 1.165) is 36.4 Å². The first kappa shape index (κ1) is 22.0. The lowest BCUT2D eigenvalue weighted by atomic mass is 9.73. The van der Waals surface area contributed by atoms with E-state index in [1.807, 2.05) is 36.9 Å². The second-order valence-electron chi connectivity index (χ2n) is 9.80. The van der Waals surface area contributed by atoms with Crippen molar-refractivity contribution in [2.24, 2.45) is 11.3 Å². The largest absolute Gasteiger partial charge is 0.472 e. The third kappa shape index (κ3) is 3.47. The van der Waals surface area contributed by atoms with Crippen molar-refractivity contribution in [1.29, 1.82) is 0 Å². The molecule has 35 heavy (non-hydrogen) atoms. The van der Waals surface area contributed by atoms with E-state index in [4.69, 9.17) is 4.74 Å². The Hall–Kier alpha value is -3.49. The van der Waals surface area contributed by atoms with E-state index in [2.05, 4.69) is 15.0 Å². The van der Waals surface area contributed by atoms with Gasteiger partial charge >= 0.3 is 6.18 Å². The Bertz CT molecular complexity index is 1330. The molecule has 180 valence electrons. The summed E-state index contributed by atoms with van der Waals surface area (Å²) in [4.78, 5) is 28.7. The number of alkyl halides is 3. The molecule has 0 bridgehead atoms. The minimum atomic E-state index is -4.45. The predicted octanol–water partition coefficient (Wildman–Crippen LogP) is 4.86. The normalized spacial score (nSPS) is 26.5. The number of likely N-dealkylation sites (tertiary alicyclic amines) is 1. The summed E-state index contributed by atoms with van der Waals surface area (Å²) < 4.78 is 44.6. The quantitative estimate of drug-likeness (QED) is 0.534. The molecule has 3 fully saturated rings. The van der Waals surface area contributed by atoms with Crippen LogP contribution < -0.4 is 4.74 Å². The smallest absolute Gasteiger partial charge is 0.417 e. The molecular formula is C26H23F3N4O2. The highest BCUT2D eigenvalue weighted by Crippen LogP contribution is 2.71. The van der Waals surface area contributed by atoms with Crippen molar-refractivity contribution in [3.05, 3.63) is 71.2 Å². The zero-order valence-electron chi connectivity index (χ0n) is 19.2. The topological polar surface area (TPSA) is 68.2 Å². The molecule has 6 rings (SSSR count). The first-order valence-electron chi connectivity index (χ1n) is 11.6. The summed E-state index contributed by atoms with van der Waals surface area (Å²) in [6.07, 6.45) is -0.482. The molecule has 1 spiro atoms. The molecule has 3 aliphatic rings. The highest BCUT2D eigenvalue weighted by molar-refractivity contribution is 6.00. The molecule has 2 aliphatic carbocycles. The molecule has 4 heterocycles. The van der Waals surface area contributed by atoms with Crippen LogP contribution in [0.4, 0.5) is 13.2 Å². The number of rotatable bonds is 4. The molecule has 3 aromatic rings. The van der Waals surface area contributed by atoms with Crippen LogP contribution in [0.1, 0.15) is 40.0 Å². The van der Waals surface area contributed by atoms with Gasteiger partial charge in [-0.1, -0.05) is 6.07 Å². The van der Waals surface area contributed by atoms with E-state index in [9.17, 15) is 18.0 Å². The zero-order valence-corrected chi connectivity index (χ0v) is 19.2. The van der Waals surface area contributed by atoms with Gasteiger partial charge in [0, 0.05) is 36.1 Å². The standard InChI is InChI=1S/C26H23F3N4O2/c1-14-4-3-9-30-21(14)22-18(7-5-15(2)32-22)24(34)33-13-17-10-25(17)11-19(23(25)33)35-20-8-6-16(12-31-20)26(27,28)29/h3-9,12,17,19,23H,10-11,13H2,1-2H3. The molecular weight excluding hydrogens is 457 g/mol. The van der Waals surface area contributed by atoms with Crippen LogP contribution >= 0.6 is 0 Å². The number of halogens is 3. The van der Waals surface area contributed by atoms with Gasteiger partial charge in [0.15, 0.2) is 0 Å². The maximum absolute atomic E-state index is 13.8. The van der Waals surface area contributed by atoms with Gasteiger partial charge < -0.3 is 9.64 Å². The molecule has 0 N–H and O–H groups in total. The number of aryl methyl sites for hydroxylation is 2. The molecule has 3 aromatic heterocycles. The van der Waals surface area contributed by atoms with E-state index < -0.39 is 11.7 Å². The third-order valence-corrected chi connectivity index (χ3v) is 7.65. The van der Waals surface area contributed by atoms with Crippen molar-refractivity contribution in [1.82, 2.24) is 19.9 Å². The number of ether oxygens (including phenoxy) is 1. The van der Waals surface area contributed by atoms with Gasteiger partial charge in [0.2, 0.25) is 5.88 Å². The molecule has 4 atom stereocenters. The van der Waals surface area contributed by atoms with E-state index in [1.165, 1.54) is 6.07 Å². The summed E-state index contributed by atoms with van der Waals surface area (Å²) in [6.45, 7) is 4.45. The minimum absolute atomic E-state index is 0.0471. The Kier molecular flexibility index (Phi) is 4.72. The number of nitrogens with zero attached hydrogens (tertiary/aromatic N) is 4. The predicted molar refractivity (Wildman–Crippen MR) is 121 cm³/mol. The molecule has 6 nitrogen and oxygen atoms in total. The van der Waals surface area contributed by atoms with E-state index in [1.54, 1.807) is 12.3 Å². The van der Waals surface area contributed by atoms with E-state index in [-0.39, 0.29) is 29.3 Å². The lowest BCUT2D eigenvalue weighted by Crippen LogP contribution is -2.59. The molecule has 0 aromatic carbocycles. The monoisotopic (exact) mass is 480 g/mol. The van der Waals surface area contributed by atoms with Crippen LogP contribution in [-0.4, -0.2) is 44.4 Å². The summed E-state index contributed by atoms with van der Waals surface area (Å²) in [6, 6.07) is 9.48. The van der Waals surface area contributed by atoms with Gasteiger partial charge in [0.25, 0.3) is 5.91 Å². The molecule has 2 saturated carbocycles. The second-order valence-corrected chi connectivity index (χ2v) is 9.80. The van der Waals surface area contributed by atoms with Gasteiger partial charge in [-0.2, -0.15) is 13.2 Å². The van der Waals surface area contributed by atoms with E-state index in [0.29, 0.717) is 29.4 Å². The van der Waals surface area contributed by atoms with Crippen LogP contribution in [0.3, 0.4) is 0 Å². The van der Waals surface area contributed by atoms with Gasteiger partial charge in [0.05, 0.1) is 22.9 Å². The second kappa shape index (κ2) is 7.50. The maximum Gasteiger partial charge on any atom is 0.417 e. The van der Waals surface area contributed by atoms with Crippen LogP contribution in [-0.2, 0) is 6.18 Å². The number of carbonyl (C=O) groups excluding carboxylic acids is 1. The Balaban J connectivity index is 1.27. The molecule has 9 heteroatoms. The summed E-state index contributed by atoms with van der Waals surface area (Å²) in [5.74, 6) is 0.439. The lowest BCUT2D eigenvalue weighted by molar-refractivity contribution is -0.137. The Morgan fingerprint density at radius 2 is 1.91 bits per heavy atom. The number of hydrogen-bond acceptors (Lipinski definition) is 5. The number of pyridine rings is 3. The van der Waals surface area contributed by atoms with Crippen LogP contribution in [0.15, 0.2) is 48.8 Å². The van der Waals surface area contributed by atoms with E-state index >= 15 is 0 Å². The fourth-order valence-corrected chi connectivity index (χ4v) is 5.82. The first-order chi connectivity index (χ1) is 16.7. The van der Waals surface area contributed by atoms with Crippen molar-refractivity contribution < 1.29 is 22.7 Å². The average molecular weight is 480 g/mol. The molecule has 0 radical (unpaired) electrons. The van der Waals surface area contributed by atoms with Crippen molar-refractivity contribution in [3.8, 4) is 17.3 Å². The summed E-state index contributed by atoms with van der Waals surface area (Å²) in [5.41, 5.74) is 2.68. The van der Waals surface area contributed by atoms with Crippen molar-refractivity contribution in [2.75, 3.05) is 6.54 Å². The highest BCUT2D eigenvalue weighted by Gasteiger charge is 2.76. The summed E-state index contributed by atoms with van der Waals surface area (Å²) in [7, 11) is 0. The molecule has 1 aliphatic heterocycles. The number of amides is 1. The van der Waals surface area contributed by atoms with Crippen molar-refractivity contribution >= 4 is 5.91 Å². The maximum atomic E-state index is 13.8. The zero-order chi connectivity index (χ0) is 24.5.